The van der Waals surface area contributed by atoms with E-state index in [2.05, 4.69) is 5.32 Å². The van der Waals surface area contributed by atoms with Gasteiger partial charge in [-0.3, -0.25) is 4.79 Å². The number of thioether (sulfide) groups is 1. The van der Waals surface area contributed by atoms with Crippen LogP contribution in [0.4, 0.5) is 4.39 Å². The van der Waals surface area contributed by atoms with Crippen molar-refractivity contribution in [2.75, 3.05) is 5.75 Å². The monoisotopic (exact) mass is 357 g/mol. The lowest BCUT2D eigenvalue weighted by atomic mass is 10.2. The maximum absolute atomic E-state index is 12.8. The van der Waals surface area contributed by atoms with Crippen LogP contribution < -0.4 is 5.32 Å². The lowest BCUT2D eigenvalue weighted by Gasteiger charge is -2.07. The summed E-state index contributed by atoms with van der Waals surface area (Å²) in [5.74, 6) is 0.669. The Balaban J connectivity index is 1.72. The van der Waals surface area contributed by atoms with Crippen LogP contribution in [0.15, 0.2) is 42.5 Å². The predicted octanol–water partition coefficient (Wildman–Crippen LogP) is 4.68. The summed E-state index contributed by atoms with van der Waals surface area (Å²) in [7, 11) is 0. The molecule has 0 bridgehead atoms. The number of rotatable bonds is 6. The second kappa shape index (κ2) is 8.42. The molecule has 116 valence electrons. The number of carbonyl (C=O) groups excluding carboxylic acids is 1. The molecule has 1 N–H and O–H groups in total. The van der Waals surface area contributed by atoms with Gasteiger partial charge in [-0.05, 0) is 35.4 Å². The summed E-state index contributed by atoms with van der Waals surface area (Å²) in [5, 5.41) is 3.91. The molecule has 0 aromatic heterocycles. The fourth-order valence-electron chi connectivity index (χ4n) is 1.75. The zero-order valence-electron chi connectivity index (χ0n) is 11.6. The number of benzene rings is 2. The van der Waals surface area contributed by atoms with Gasteiger partial charge in [0.25, 0.3) is 0 Å². The number of carbonyl (C=O) groups is 1. The Morgan fingerprint density at radius 1 is 1.14 bits per heavy atom. The molecule has 22 heavy (non-hydrogen) atoms. The van der Waals surface area contributed by atoms with Gasteiger partial charge in [0.2, 0.25) is 5.91 Å². The van der Waals surface area contributed by atoms with Crippen LogP contribution in [0.2, 0.25) is 10.0 Å². The molecule has 2 aromatic carbocycles. The first-order valence-corrected chi connectivity index (χ1v) is 8.48. The fraction of sp³-hybridized carbons (Fsp3) is 0.188. The quantitative estimate of drug-likeness (QED) is 0.812. The average Bonchev–Trinajstić information content (AvgIpc) is 2.48. The Bertz CT molecular complexity index is 649. The fourth-order valence-corrected chi connectivity index (χ4v) is 3.05. The Kier molecular flexibility index (Phi) is 6.55. The highest BCUT2D eigenvalue weighted by Crippen LogP contribution is 2.20. The van der Waals surface area contributed by atoms with Crippen molar-refractivity contribution in [2.24, 2.45) is 0 Å². The first-order valence-electron chi connectivity index (χ1n) is 6.57. The predicted molar refractivity (Wildman–Crippen MR) is 90.9 cm³/mol. The third kappa shape index (κ3) is 5.52. The van der Waals surface area contributed by atoms with Gasteiger partial charge in [0, 0.05) is 22.3 Å². The molecule has 0 saturated carbocycles. The maximum atomic E-state index is 12.8. The van der Waals surface area contributed by atoms with Gasteiger partial charge in [0.1, 0.15) is 5.82 Å². The standard InChI is InChI=1S/C16H14Cl2FNOS/c17-13-4-3-12(15(18)7-13)8-20-16(21)10-22-9-11-1-5-14(19)6-2-11/h1-7H,8-10H2,(H,20,21). The van der Waals surface area contributed by atoms with Crippen LogP contribution in [-0.4, -0.2) is 11.7 Å². The minimum absolute atomic E-state index is 0.0712. The molecular weight excluding hydrogens is 344 g/mol. The summed E-state index contributed by atoms with van der Waals surface area (Å²) >= 11 is 13.3. The number of amides is 1. The SMILES string of the molecule is O=C(CSCc1ccc(F)cc1)NCc1ccc(Cl)cc1Cl. The minimum atomic E-state index is -0.258. The molecule has 0 aliphatic carbocycles. The lowest BCUT2D eigenvalue weighted by Crippen LogP contribution is -2.24. The number of hydrogen-bond donors (Lipinski definition) is 1. The second-order valence-corrected chi connectivity index (χ2v) is 6.46. The van der Waals surface area contributed by atoms with E-state index < -0.39 is 0 Å². The molecule has 0 aliphatic heterocycles. The van der Waals surface area contributed by atoms with E-state index in [0.717, 1.165) is 11.1 Å². The maximum Gasteiger partial charge on any atom is 0.230 e. The molecule has 0 unspecified atom stereocenters. The minimum Gasteiger partial charge on any atom is -0.351 e. The van der Waals surface area contributed by atoms with Crippen LogP contribution in [0, 0.1) is 5.82 Å². The molecule has 2 aromatic rings. The normalized spacial score (nSPS) is 10.5. The molecule has 0 spiro atoms. The number of halogens is 3. The van der Waals surface area contributed by atoms with Crippen LogP contribution in [0.1, 0.15) is 11.1 Å². The van der Waals surface area contributed by atoms with E-state index in [9.17, 15) is 9.18 Å². The van der Waals surface area contributed by atoms with Crippen molar-refractivity contribution < 1.29 is 9.18 Å². The Morgan fingerprint density at radius 2 is 1.86 bits per heavy atom. The van der Waals surface area contributed by atoms with Crippen LogP contribution >= 0.6 is 35.0 Å². The first kappa shape index (κ1) is 17.1. The second-order valence-electron chi connectivity index (χ2n) is 4.63. The van der Waals surface area contributed by atoms with E-state index in [1.54, 1.807) is 30.3 Å². The van der Waals surface area contributed by atoms with Gasteiger partial charge < -0.3 is 5.32 Å². The lowest BCUT2D eigenvalue weighted by molar-refractivity contribution is -0.118. The number of nitrogens with one attached hydrogen (secondary N) is 1. The molecule has 1 amide bonds. The highest BCUT2D eigenvalue weighted by molar-refractivity contribution is 7.99. The molecule has 0 fully saturated rings. The van der Waals surface area contributed by atoms with Crippen LogP contribution in [0.3, 0.4) is 0 Å². The first-order chi connectivity index (χ1) is 10.5. The van der Waals surface area contributed by atoms with Crippen molar-refractivity contribution in [1.29, 1.82) is 0 Å². The van der Waals surface area contributed by atoms with E-state index in [1.165, 1.54) is 23.9 Å². The molecular formula is C16H14Cl2FNOS. The summed E-state index contributed by atoms with van der Waals surface area (Å²) in [6.45, 7) is 0.367. The Morgan fingerprint density at radius 3 is 2.55 bits per heavy atom. The van der Waals surface area contributed by atoms with E-state index in [1.807, 2.05) is 0 Å². The zero-order valence-corrected chi connectivity index (χ0v) is 13.9. The van der Waals surface area contributed by atoms with E-state index in [4.69, 9.17) is 23.2 Å². The smallest absolute Gasteiger partial charge is 0.230 e. The van der Waals surface area contributed by atoms with Crippen LogP contribution in [0.5, 0.6) is 0 Å². The Hall–Kier alpha value is -1.23. The highest BCUT2D eigenvalue weighted by Gasteiger charge is 2.05. The molecule has 0 radical (unpaired) electrons. The molecule has 0 saturated heterocycles. The summed E-state index contributed by atoms with van der Waals surface area (Å²) in [6, 6.07) is 11.4. The van der Waals surface area contributed by atoms with Crippen LogP contribution in [-0.2, 0) is 17.1 Å². The van der Waals surface area contributed by atoms with E-state index in [-0.39, 0.29) is 11.7 Å². The van der Waals surface area contributed by atoms with Crippen molar-refractivity contribution in [1.82, 2.24) is 5.32 Å². The van der Waals surface area contributed by atoms with Gasteiger partial charge in [0.15, 0.2) is 0 Å². The topological polar surface area (TPSA) is 29.1 Å². The molecule has 2 nitrogen and oxygen atoms in total. The van der Waals surface area contributed by atoms with Gasteiger partial charge in [-0.15, -0.1) is 11.8 Å². The van der Waals surface area contributed by atoms with Gasteiger partial charge >= 0.3 is 0 Å². The van der Waals surface area contributed by atoms with E-state index in [0.29, 0.717) is 28.1 Å². The third-order valence-electron chi connectivity index (χ3n) is 2.91. The summed E-state index contributed by atoms with van der Waals surface area (Å²) in [4.78, 5) is 11.8. The van der Waals surface area contributed by atoms with Gasteiger partial charge in [0.05, 0.1) is 5.75 Å². The summed E-state index contributed by atoms with van der Waals surface area (Å²) in [6.07, 6.45) is 0. The average molecular weight is 358 g/mol. The summed E-state index contributed by atoms with van der Waals surface area (Å²) in [5.41, 5.74) is 1.81. The van der Waals surface area contributed by atoms with Crippen molar-refractivity contribution in [3.05, 3.63) is 69.5 Å². The van der Waals surface area contributed by atoms with Crippen molar-refractivity contribution in [2.45, 2.75) is 12.3 Å². The highest BCUT2D eigenvalue weighted by atomic mass is 35.5. The molecule has 0 heterocycles. The molecule has 6 heteroatoms. The Labute approximate surface area is 143 Å². The molecule has 2 rings (SSSR count). The van der Waals surface area contributed by atoms with Crippen LogP contribution in [0.25, 0.3) is 0 Å². The van der Waals surface area contributed by atoms with E-state index >= 15 is 0 Å². The van der Waals surface area contributed by atoms with Gasteiger partial charge in [-0.2, -0.15) is 0 Å². The van der Waals surface area contributed by atoms with Crippen molar-refractivity contribution >= 4 is 40.9 Å². The largest absolute Gasteiger partial charge is 0.351 e. The zero-order chi connectivity index (χ0) is 15.9. The third-order valence-corrected chi connectivity index (χ3v) is 4.50. The summed E-state index contributed by atoms with van der Waals surface area (Å²) < 4.78 is 12.8. The number of hydrogen-bond acceptors (Lipinski definition) is 2. The van der Waals surface area contributed by atoms with Gasteiger partial charge in [-0.25, -0.2) is 4.39 Å². The van der Waals surface area contributed by atoms with Crippen molar-refractivity contribution in [3.63, 3.8) is 0 Å². The molecule has 0 aliphatic rings. The van der Waals surface area contributed by atoms with Crippen molar-refractivity contribution in [3.8, 4) is 0 Å². The van der Waals surface area contributed by atoms with Gasteiger partial charge in [-0.1, -0.05) is 41.4 Å². The molecule has 0 atom stereocenters.